The number of hydrogen-bond donors (Lipinski definition) is 2. The third-order valence-corrected chi connectivity index (χ3v) is 3.21. The highest BCUT2D eigenvalue weighted by Gasteiger charge is 2.09. The summed E-state index contributed by atoms with van der Waals surface area (Å²) < 4.78 is 10.3. The van der Waals surface area contributed by atoms with Gasteiger partial charge in [0.05, 0.1) is 19.4 Å². The number of hydrogen-bond acceptors (Lipinski definition) is 8. The SMILES string of the molecule is COCCCNc1nncc(NCCN2CCOCC2)n1. The van der Waals surface area contributed by atoms with Crippen LogP contribution < -0.4 is 10.6 Å². The third kappa shape index (κ3) is 6.19. The number of nitrogens with zero attached hydrogens (tertiary/aromatic N) is 4. The first-order chi connectivity index (χ1) is 10.4. The molecule has 0 bridgehead atoms. The Bertz CT molecular complexity index is 400. The quantitative estimate of drug-likeness (QED) is 0.619. The van der Waals surface area contributed by atoms with Gasteiger partial charge < -0.3 is 20.1 Å². The lowest BCUT2D eigenvalue weighted by Crippen LogP contribution is -2.39. The molecule has 118 valence electrons. The summed E-state index contributed by atoms with van der Waals surface area (Å²) in [6, 6.07) is 0. The van der Waals surface area contributed by atoms with Gasteiger partial charge in [-0.3, -0.25) is 4.90 Å². The van der Waals surface area contributed by atoms with Gasteiger partial charge in [-0.15, -0.1) is 5.10 Å². The summed E-state index contributed by atoms with van der Waals surface area (Å²) in [7, 11) is 1.69. The molecule has 21 heavy (non-hydrogen) atoms. The molecule has 1 aliphatic heterocycles. The predicted octanol–water partition coefficient (Wildman–Crippen LogP) is 0.0641. The van der Waals surface area contributed by atoms with Crippen LogP contribution in [-0.2, 0) is 9.47 Å². The van der Waals surface area contributed by atoms with Crippen LogP contribution in [0, 0.1) is 0 Å². The number of rotatable bonds is 9. The predicted molar refractivity (Wildman–Crippen MR) is 80.6 cm³/mol. The van der Waals surface area contributed by atoms with Gasteiger partial charge in [-0.05, 0) is 6.42 Å². The normalized spacial score (nSPS) is 15.9. The van der Waals surface area contributed by atoms with Crippen molar-refractivity contribution in [2.75, 3.05) is 70.3 Å². The van der Waals surface area contributed by atoms with Gasteiger partial charge in [-0.25, -0.2) is 0 Å². The molecule has 2 heterocycles. The van der Waals surface area contributed by atoms with Crippen molar-refractivity contribution >= 4 is 11.8 Å². The first kappa shape index (κ1) is 15.9. The zero-order valence-corrected chi connectivity index (χ0v) is 12.5. The molecule has 2 N–H and O–H groups in total. The monoisotopic (exact) mass is 296 g/mol. The van der Waals surface area contributed by atoms with Crippen LogP contribution in [0.5, 0.6) is 0 Å². The Morgan fingerprint density at radius 3 is 2.95 bits per heavy atom. The van der Waals surface area contributed by atoms with Gasteiger partial charge in [0, 0.05) is 46.4 Å². The van der Waals surface area contributed by atoms with Crippen LogP contribution in [0.15, 0.2) is 6.20 Å². The summed E-state index contributed by atoms with van der Waals surface area (Å²) >= 11 is 0. The zero-order valence-electron chi connectivity index (χ0n) is 12.5. The van der Waals surface area contributed by atoms with Gasteiger partial charge in [0.2, 0.25) is 5.95 Å². The molecule has 0 spiro atoms. The topological polar surface area (TPSA) is 84.4 Å². The molecule has 0 amide bonds. The number of aromatic nitrogens is 3. The van der Waals surface area contributed by atoms with E-state index < -0.39 is 0 Å². The molecular formula is C13H24N6O2. The highest BCUT2D eigenvalue weighted by atomic mass is 16.5. The average molecular weight is 296 g/mol. The van der Waals surface area contributed by atoms with E-state index in [1.807, 2.05) is 0 Å². The Hall–Kier alpha value is -1.51. The van der Waals surface area contributed by atoms with E-state index in [4.69, 9.17) is 9.47 Å². The zero-order chi connectivity index (χ0) is 14.8. The van der Waals surface area contributed by atoms with Crippen molar-refractivity contribution in [2.24, 2.45) is 0 Å². The summed E-state index contributed by atoms with van der Waals surface area (Å²) in [5.74, 6) is 1.29. The van der Waals surface area contributed by atoms with E-state index in [2.05, 4.69) is 30.7 Å². The van der Waals surface area contributed by atoms with Crippen molar-refractivity contribution in [2.45, 2.75) is 6.42 Å². The highest BCUT2D eigenvalue weighted by Crippen LogP contribution is 2.04. The fourth-order valence-corrected chi connectivity index (χ4v) is 2.05. The molecule has 0 atom stereocenters. The van der Waals surface area contributed by atoms with E-state index in [0.717, 1.165) is 64.8 Å². The average Bonchev–Trinajstić information content (AvgIpc) is 2.53. The molecule has 2 rings (SSSR count). The van der Waals surface area contributed by atoms with Gasteiger partial charge in [0.15, 0.2) is 5.82 Å². The van der Waals surface area contributed by atoms with Gasteiger partial charge in [0.25, 0.3) is 0 Å². The molecule has 8 nitrogen and oxygen atoms in total. The minimum atomic E-state index is 0.544. The van der Waals surface area contributed by atoms with Crippen LogP contribution in [0.1, 0.15) is 6.42 Å². The lowest BCUT2D eigenvalue weighted by atomic mass is 10.4. The summed E-state index contributed by atoms with van der Waals surface area (Å²) in [6.45, 7) is 6.94. The van der Waals surface area contributed by atoms with Crippen LogP contribution in [0.25, 0.3) is 0 Å². The highest BCUT2D eigenvalue weighted by molar-refractivity contribution is 5.36. The molecule has 1 fully saturated rings. The lowest BCUT2D eigenvalue weighted by Gasteiger charge is -2.26. The van der Waals surface area contributed by atoms with Crippen LogP contribution >= 0.6 is 0 Å². The Balaban J connectivity index is 1.67. The summed E-state index contributed by atoms with van der Waals surface area (Å²) in [4.78, 5) is 6.74. The fourth-order valence-electron chi connectivity index (χ4n) is 2.05. The Morgan fingerprint density at radius 1 is 1.29 bits per heavy atom. The van der Waals surface area contributed by atoms with Crippen molar-refractivity contribution in [1.82, 2.24) is 20.1 Å². The second-order valence-electron chi connectivity index (χ2n) is 4.82. The van der Waals surface area contributed by atoms with Crippen molar-refractivity contribution in [3.05, 3.63) is 6.20 Å². The second kappa shape index (κ2) is 9.43. The molecular weight excluding hydrogens is 272 g/mol. The number of methoxy groups -OCH3 is 1. The molecule has 1 saturated heterocycles. The molecule has 0 radical (unpaired) electrons. The van der Waals surface area contributed by atoms with Crippen molar-refractivity contribution < 1.29 is 9.47 Å². The largest absolute Gasteiger partial charge is 0.385 e. The van der Waals surface area contributed by atoms with Gasteiger partial charge in [0.1, 0.15) is 0 Å². The first-order valence-electron chi connectivity index (χ1n) is 7.35. The fraction of sp³-hybridized carbons (Fsp3) is 0.769. The second-order valence-corrected chi connectivity index (χ2v) is 4.82. The molecule has 8 heteroatoms. The van der Waals surface area contributed by atoms with E-state index in [0.29, 0.717) is 5.95 Å². The number of anilines is 2. The van der Waals surface area contributed by atoms with E-state index in [9.17, 15) is 0 Å². The Labute approximate surface area is 125 Å². The standard InChI is InChI=1S/C13H24N6O2/c1-20-8-2-3-15-13-17-12(11-16-18-13)14-4-5-19-6-9-21-10-7-19/h11H,2-10H2,1H3,(H2,14,15,17,18). The first-order valence-corrected chi connectivity index (χ1v) is 7.35. The summed E-state index contributed by atoms with van der Waals surface area (Å²) in [5, 5.41) is 14.3. The Kier molecular flexibility index (Phi) is 7.13. The van der Waals surface area contributed by atoms with E-state index >= 15 is 0 Å². The summed E-state index contributed by atoms with van der Waals surface area (Å²) in [6.07, 6.45) is 2.55. The molecule has 1 aliphatic rings. The maximum absolute atomic E-state index is 5.33. The smallest absolute Gasteiger partial charge is 0.244 e. The summed E-state index contributed by atoms with van der Waals surface area (Å²) in [5.41, 5.74) is 0. The number of nitrogens with one attached hydrogen (secondary N) is 2. The number of morpholine rings is 1. The molecule has 0 aromatic carbocycles. The molecule has 0 aliphatic carbocycles. The van der Waals surface area contributed by atoms with Crippen molar-refractivity contribution in [3.8, 4) is 0 Å². The van der Waals surface area contributed by atoms with Crippen LogP contribution in [0.4, 0.5) is 11.8 Å². The molecule has 0 saturated carbocycles. The molecule has 1 aromatic heterocycles. The van der Waals surface area contributed by atoms with Crippen LogP contribution in [-0.4, -0.2) is 79.7 Å². The van der Waals surface area contributed by atoms with Crippen molar-refractivity contribution in [3.63, 3.8) is 0 Å². The van der Waals surface area contributed by atoms with E-state index in [-0.39, 0.29) is 0 Å². The maximum atomic E-state index is 5.33. The van der Waals surface area contributed by atoms with Crippen LogP contribution in [0.3, 0.4) is 0 Å². The third-order valence-electron chi connectivity index (χ3n) is 3.21. The van der Waals surface area contributed by atoms with Gasteiger partial charge >= 0.3 is 0 Å². The maximum Gasteiger partial charge on any atom is 0.244 e. The Morgan fingerprint density at radius 2 is 2.14 bits per heavy atom. The van der Waals surface area contributed by atoms with Gasteiger partial charge in [-0.2, -0.15) is 10.1 Å². The minimum absolute atomic E-state index is 0.544. The lowest BCUT2D eigenvalue weighted by molar-refractivity contribution is 0.0398. The molecule has 1 aromatic rings. The number of ether oxygens (including phenoxy) is 2. The molecule has 0 unspecified atom stereocenters. The van der Waals surface area contributed by atoms with Crippen LogP contribution in [0.2, 0.25) is 0 Å². The minimum Gasteiger partial charge on any atom is -0.385 e. The van der Waals surface area contributed by atoms with Crippen molar-refractivity contribution in [1.29, 1.82) is 0 Å². The van der Waals surface area contributed by atoms with Gasteiger partial charge in [-0.1, -0.05) is 0 Å². The van der Waals surface area contributed by atoms with E-state index in [1.165, 1.54) is 0 Å². The van der Waals surface area contributed by atoms with E-state index in [1.54, 1.807) is 13.3 Å².